The smallest absolute Gasteiger partial charge is 0.328 e. The fourth-order valence-corrected chi connectivity index (χ4v) is 2.40. The topological polar surface area (TPSA) is 112 Å². The molecule has 0 saturated carbocycles. The summed E-state index contributed by atoms with van der Waals surface area (Å²) in [6.45, 7) is 7.03. The van der Waals surface area contributed by atoms with Gasteiger partial charge in [-0.1, -0.05) is 25.5 Å². The van der Waals surface area contributed by atoms with Crippen LogP contribution >= 0.6 is 0 Å². The van der Waals surface area contributed by atoms with Crippen molar-refractivity contribution in [1.29, 1.82) is 0 Å². The third-order valence-electron chi connectivity index (χ3n) is 3.74. The molecule has 28 heavy (non-hydrogen) atoms. The summed E-state index contributed by atoms with van der Waals surface area (Å²) in [6.07, 6.45) is 12.5. The number of anilines is 1. The van der Waals surface area contributed by atoms with Gasteiger partial charge in [0.25, 0.3) is 0 Å². The first-order valence-electron chi connectivity index (χ1n) is 9.35. The summed E-state index contributed by atoms with van der Waals surface area (Å²) in [5.41, 5.74) is 1.16. The summed E-state index contributed by atoms with van der Waals surface area (Å²) < 4.78 is 5.72. The van der Waals surface area contributed by atoms with Crippen LogP contribution in [-0.4, -0.2) is 59.9 Å². The Balaban J connectivity index is 0.000000416. The van der Waals surface area contributed by atoms with Crippen molar-refractivity contribution < 1.29 is 24.5 Å². The quantitative estimate of drug-likeness (QED) is 0.457. The van der Waals surface area contributed by atoms with Gasteiger partial charge in [0.15, 0.2) is 0 Å². The minimum atomic E-state index is -1.26. The van der Waals surface area contributed by atoms with Gasteiger partial charge in [-0.3, -0.25) is 4.98 Å². The Morgan fingerprint density at radius 1 is 1.18 bits per heavy atom. The number of carboxylic acids is 2. The third kappa shape index (κ3) is 11.0. The lowest BCUT2D eigenvalue weighted by atomic mass is 10.3. The fraction of sp³-hybridized carbons (Fsp3) is 0.450. The number of carbonyl (C=O) groups is 2. The number of ether oxygens (including phenoxy) is 1. The largest absolute Gasteiger partial charge is 0.488 e. The van der Waals surface area contributed by atoms with E-state index in [4.69, 9.17) is 14.9 Å². The SMILES string of the molecule is CCCC=CCOc1cncc(N2CCCNCC2)c1.O=C(O)/C=C/C(=O)O. The molecule has 1 saturated heterocycles. The van der Waals surface area contributed by atoms with Crippen LogP contribution in [0.15, 0.2) is 42.8 Å². The molecule has 1 aromatic rings. The predicted molar refractivity (Wildman–Crippen MR) is 108 cm³/mol. The second-order valence-corrected chi connectivity index (χ2v) is 6.05. The van der Waals surface area contributed by atoms with Gasteiger partial charge in [-0.15, -0.1) is 0 Å². The Morgan fingerprint density at radius 2 is 1.93 bits per heavy atom. The van der Waals surface area contributed by atoms with Crippen molar-refractivity contribution in [3.63, 3.8) is 0 Å². The van der Waals surface area contributed by atoms with Gasteiger partial charge in [0.1, 0.15) is 12.4 Å². The van der Waals surface area contributed by atoms with E-state index in [0.29, 0.717) is 18.8 Å². The van der Waals surface area contributed by atoms with E-state index in [-0.39, 0.29) is 0 Å². The summed E-state index contributed by atoms with van der Waals surface area (Å²) in [6, 6.07) is 2.09. The highest BCUT2D eigenvalue weighted by molar-refractivity contribution is 5.89. The van der Waals surface area contributed by atoms with Crippen LogP contribution in [0.25, 0.3) is 0 Å². The second-order valence-electron chi connectivity index (χ2n) is 6.05. The molecule has 0 spiro atoms. The molecule has 0 unspecified atom stereocenters. The minimum Gasteiger partial charge on any atom is -0.488 e. The number of unbranched alkanes of at least 4 members (excludes halogenated alkanes) is 1. The molecule has 8 nitrogen and oxygen atoms in total. The van der Waals surface area contributed by atoms with Crippen LogP contribution < -0.4 is 15.0 Å². The predicted octanol–water partition coefficient (Wildman–Crippen LogP) is 2.33. The van der Waals surface area contributed by atoms with Crippen molar-refractivity contribution in [1.82, 2.24) is 10.3 Å². The number of carboxylic acid groups (broad SMARTS) is 2. The number of hydrogen-bond acceptors (Lipinski definition) is 6. The first kappa shape index (κ1) is 23.2. The lowest BCUT2D eigenvalue weighted by Gasteiger charge is -2.22. The van der Waals surface area contributed by atoms with E-state index in [9.17, 15) is 9.59 Å². The van der Waals surface area contributed by atoms with Gasteiger partial charge in [0.2, 0.25) is 0 Å². The molecule has 0 radical (unpaired) electrons. The van der Waals surface area contributed by atoms with E-state index in [2.05, 4.69) is 40.3 Å². The van der Waals surface area contributed by atoms with Crippen molar-refractivity contribution in [2.24, 2.45) is 0 Å². The highest BCUT2D eigenvalue weighted by atomic mass is 16.5. The maximum Gasteiger partial charge on any atom is 0.328 e. The van der Waals surface area contributed by atoms with E-state index >= 15 is 0 Å². The van der Waals surface area contributed by atoms with E-state index in [1.165, 1.54) is 12.8 Å². The number of aromatic nitrogens is 1. The summed E-state index contributed by atoms with van der Waals surface area (Å²) in [5.74, 6) is -1.67. The normalized spacial score (nSPS) is 14.4. The summed E-state index contributed by atoms with van der Waals surface area (Å²) in [5, 5.41) is 19.0. The van der Waals surface area contributed by atoms with Gasteiger partial charge < -0.3 is 25.2 Å². The van der Waals surface area contributed by atoms with E-state index < -0.39 is 11.9 Å². The molecule has 0 atom stereocenters. The van der Waals surface area contributed by atoms with Crippen molar-refractivity contribution in [3.8, 4) is 5.75 Å². The van der Waals surface area contributed by atoms with Crippen LogP contribution in [0, 0.1) is 0 Å². The summed E-state index contributed by atoms with van der Waals surface area (Å²) in [7, 11) is 0. The van der Waals surface area contributed by atoms with Crippen LogP contribution in [-0.2, 0) is 9.59 Å². The molecule has 2 rings (SSSR count). The lowest BCUT2D eigenvalue weighted by molar-refractivity contribution is -0.134. The number of allylic oxidation sites excluding steroid dienone is 1. The van der Waals surface area contributed by atoms with Crippen molar-refractivity contribution in [3.05, 3.63) is 42.8 Å². The van der Waals surface area contributed by atoms with Crippen LogP contribution in [0.1, 0.15) is 26.2 Å². The Hall–Kier alpha value is -2.87. The molecule has 3 N–H and O–H groups in total. The molecule has 1 fully saturated rings. The molecular weight excluding hydrogens is 362 g/mol. The minimum absolute atomic E-state index is 0.558. The van der Waals surface area contributed by atoms with Gasteiger partial charge in [-0.25, -0.2) is 9.59 Å². The molecular formula is C20H29N3O5. The number of nitrogens with zero attached hydrogens (tertiary/aromatic N) is 2. The molecule has 1 aliphatic heterocycles. The van der Waals surface area contributed by atoms with Crippen LogP contribution in [0.5, 0.6) is 5.75 Å². The monoisotopic (exact) mass is 391 g/mol. The average molecular weight is 391 g/mol. The van der Waals surface area contributed by atoms with Crippen molar-refractivity contribution >= 4 is 17.6 Å². The molecule has 0 bridgehead atoms. The molecule has 0 aromatic carbocycles. The van der Waals surface area contributed by atoms with Crippen LogP contribution in [0.2, 0.25) is 0 Å². The molecule has 1 aliphatic rings. The van der Waals surface area contributed by atoms with Crippen molar-refractivity contribution in [2.75, 3.05) is 37.7 Å². The second kappa shape index (κ2) is 14.2. The first-order chi connectivity index (χ1) is 13.5. The zero-order valence-corrected chi connectivity index (χ0v) is 16.2. The van der Waals surface area contributed by atoms with Crippen LogP contribution in [0.4, 0.5) is 5.69 Å². The number of rotatable bonds is 8. The van der Waals surface area contributed by atoms with Gasteiger partial charge in [-0.05, 0) is 19.4 Å². The Bertz CT molecular complexity index is 637. The van der Waals surface area contributed by atoms with Gasteiger partial charge in [0, 0.05) is 37.9 Å². The van der Waals surface area contributed by atoms with E-state index in [1.54, 1.807) is 6.20 Å². The summed E-state index contributed by atoms with van der Waals surface area (Å²) in [4.78, 5) is 25.8. The highest BCUT2D eigenvalue weighted by Crippen LogP contribution is 2.20. The average Bonchev–Trinajstić information content (AvgIpc) is 2.96. The van der Waals surface area contributed by atoms with Gasteiger partial charge >= 0.3 is 11.9 Å². The van der Waals surface area contributed by atoms with Crippen molar-refractivity contribution in [2.45, 2.75) is 26.2 Å². The number of hydrogen-bond donors (Lipinski definition) is 3. The molecule has 154 valence electrons. The number of nitrogens with one attached hydrogen (secondary N) is 1. The molecule has 0 aliphatic carbocycles. The zero-order chi connectivity index (χ0) is 20.6. The molecule has 8 heteroatoms. The maximum absolute atomic E-state index is 9.55. The lowest BCUT2D eigenvalue weighted by Crippen LogP contribution is -2.27. The van der Waals surface area contributed by atoms with E-state index in [1.807, 2.05) is 6.20 Å². The Kier molecular flexibility index (Phi) is 11.8. The van der Waals surface area contributed by atoms with Gasteiger partial charge in [0.05, 0.1) is 18.1 Å². The Labute approximate surface area is 165 Å². The molecule has 1 aromatic heterocycles. The van der Waals surface area contributed by atoms with Crippen LogP contribution in [0.3, 0.4) is 0 Å². The maximum atomic E-state index is 9.55. The number of pyridine rings is 1. The number of aliphatic carboxylic acids is 2. The zero-order valence-electron chi connectivity index (χ0n) is 16.2. The standard InChI is InChI=1S/C16H25N3O.C4H4O4/c1-2-3-4-5-11-20-16-12-15(13-18-14-16)19-9-6-7-17-8-10-19;5-3(6)1-2-4(7)8/h4-5,12-14,17H,2-3,6-11H2,1H3;1-2H,(H,5,6)(H,7,8)/b;2-1+. The highest BCUT2D eigenvalue weighted by Gasteiger charge is 2.10. The summed E-state index contributed by atoms with van der Waals surface area (Å²) >= 11 is 0. The first-order valence-corrected chi connectivity index (χ1v) is 9.35. The van der Waals surface area contributed by atoms with E-state index in [0.717, 1.165) is 44.0 Å². The molecule has 0 amide bonds. The fourth-order valence-electron chi connectivity index (χ4n) is 2.40. The molecule has 2 heterocycles. The third-order valence-corrected chi connectivity index (χ3v) is 3.74. The Morgan fingerprint density at radius 3 is 2.61 bits per heavy atom. The van der Waals surface area contributed by atoms with Gasteiger partial charge in [-0.2, -0.15) is 0 Å².